The predicted octanol–water partition coefficient (Wildman–Crippen LogP) is 4.50. The summed E-state index contributed by atoms with van der Waals surface area (Å²) in [6.07, 6.45) is 9.13. The van der Waals surface area contributed by atoms with E-state index in [-0.39, 0.29) is 6.61 Å². The molecule has 0 amide bonds. The van der Waals surface area contributed by atoms with E-state index in [1.165, 1.54) is 22.8 Å². The molecule has 0 atom stereocenters. The van der Waals surface area contributed by atoms with Crippen LogP contribution in [0.15, 0.2) is 67.3 Å². The molecule has 0 aliphatic rings. The summed E-state index contributed by atoms with van der Waals surface area (Å²) in [6, 6.07) is 6.39. The van der Waals surface area contributed by atoms with Gasteiger partial charge in [0.15, 0.2) is 0 Å². The van der Waals surface area contributed by atoms with Crippen molar-refractivity contribution >= 4 is 5.97 Å². The van der Waals surface area contributed by atoms with E-state index in [2.05, 4.69) is 37.9 Å². The lowest BCUT2D eigenvalue weighted by Gasteiger charge is -2.12. The Morgan fingerprint density at radius 1 is 1.15 bits per heavy atom. The molecule has 0 bridgehead atoms. The quantitative estimate of drug-likeness (QED) is 0.341. The summed E-state index contributed by atoms with van der Waals surface area (Å²) in [6.45, 7) is 13.8. The first-order valence-corrected chi connectivity index (χ1v) is 8.98. The minimum absolute atomic E-state index is 0.183. The third kappa shape index (κ3) is 8.63. The number of carbonyl (C=O) groups excluding carboxylic acids is 1. The van der Waals surface area contributed by atoms with Gasteiger partial charge in [0.2, 0.25) is 0 Å². The Balaban J connectivity index is 2.79. The van der Waals surface area contributed by atoms with E-state index in [0.29, 0.717) is 13.0 Å². The summed E-state index contributed by atoms with van der Waals surface area (Å²) in [5.74, 6) is -0.402. The molecule has 0 aliphatic carbocycles. The fraction of sp³-hybridized carbons (Fsp3) is 0.348. The van der Waals surface area contributed by atoms with E-state index >= 15 is 0 Å². The number of ether oxygens (including phenoxy) is 1. The van der Waals surface area contributed by atoms with Crippen molar-refractivity contribution in [2.45, 2.75) is 39.0 Å². The zero-order chi connectivity index (χ0) is 19.4. The molecule has 0 saturated heterocycles. The first kappa shape index (κ1) is 21.7. The van der Waals surface area contributed by atoms with Gasteiger partial charge in [-0.25, -0.2) is 4.79 Å². The van der Waals surface area contributed by atoms with Crippen molar-refractivity contribution in [1.82, 2.24) is 0 Å². The molecule has 0 aliphatic heterocycles. The number of rotatable bonds is 12. The number of allylic oxidation sites excluding steroid dienone is 4. The maximum atomic E-state index is 11.2. The second kappa shape index (κ2) is 12.0. The standard InChI is InChI=1S/C23H30O3/c1-5-23(25)26-16-14-22-17-20(7-6-15-24)11-13-21(22)12-10-19(4)9-8-18(2)3/h5,8-9,11,13,17,24H,1-2,4,6-7,10,12,14-16H2,3H3/b9-8-. The lowest BCUT2D eigenvalue weighted by atomic mass is 9.95. The molecular weight excluding hydrogens is 324 g/mol. The molecule has 26 heavy (non-hydrogen) atoms. The van der Waals surface area contributed by atoms with Crippen molar-refractivity contribution in [1.29, 1.82) is 0 Å². The monoisotopic (exact) mass is 354 g/mol. The minimum atomic E-state index is -0.402. The van der Waals surface area contributed by atoms with Crippen LogP contribution in [0.1, 0.15) is 36.5 Å². The maximum absolute atomic E-state index is 11.2. The Morgan fingerprint density at radius 2 is 1.92 bits per heavy atom. The molecule has 0 heterocycles. The molecule has 3 nitrogen and oxygen atoms in total. The zero-order valence-electron chi connectivity index (χ0n) is 15.8. The number of aryl methyl sites for hydroxylation is 2. The van der Waals surface area contributed by atoms with Crippen molar-refractivity contribution < 1.29 is 14.6 Å². The van der Waals surface area contributed by atoms with Crippen molar-refractivity contribution in [3.8, 4) is 0 Å². The second-order valence-corrected chi connectivity index (χ2v) is 6.39. The van der Waals surface area contributed by atoms with Crippen molar-refractivity contribution in [2.24, 2.45) is 0 Å². The van der Waals surface area contributed by atoms with Gasteiger partial charge in [0, 0.05) is 19.1 Å². The molecule has 140 valence electrons. The highest BCUT2D eigenvalue weighted by molar-refractivity contribution is 5.81. The van der Waals surface area contributed by atoms with Crippen LogP contribution in [0.2, 0.25) is 0 Å². The van der Waals surface area contributed by atoms with Crippen LogP contribution in [0.4, 0.5) is 0 Å². The average molecular weight is 354 g/mol. The molecule has 0 fully saturated rings. The summed E-state index contributed by atoms with van der Waals surface area (Å²) in [7, 11) is 0. The second-order valence-electron chi connectivity index (χ2n) is 6.39. The SMILES string of the molecule is C=CC(=O)OCCc1cc(CCCO)ccc1CCC(=C)/C=C\C(=C)C. The number of hydrogen-bond donors (Lipinski definition) is 1. The first-order valence-electron chi connectivity index (χ1n) is 8.98. The fourth-order valence-corrected chi connectivity index (χ4v) is 2.55. The van der Waals surface area contributed by atoms with Gasteiger partial charge in [-0.3, -0.25) is 0 Å². The van der Waals surface area contributed by atoms with Crippen LogP contribution in [-0.4, -0.2) is 24.3 Å². The smallest absolute Gasteiger partial charge is 0.330 e. The highest BCUT2D eigenvalue weighted by Crippen LogP contribution is 2.18. The van der Waals surface area contributed by atoms with Crippen molar-refractivity contribution in [3.63, 3.8) is 0 Å². The lowest BCUT2D eigenvalue weighted by molar-refractivity contribution is -0.137. The Kier molecular flexibility index (Phi) is 10.0. The number of aliphatic hydroxyl groups is 1. The molecule has 0 aromatic heterocycles. The van der Waals surface area contributed by atoms with E-state index in [9.17, 15) is 4.79 Å². The molecule has 0 spiro atoms. The molecule has 1 aromatic rings. The Labute approximate surface area is 157 Å². The van der Waals surface area contributed by atoms with Gasteiger partial charge in [0.05, 0.1) is 6.61 Å². The predicted molar refractivity (Wildman–Crippen MR) is 108 cm³/mol. The number of carbonyl (C=O) groups is 1. The van der Waals surface area contributed by atoms with Crippen LogP contribution >= 0.6 is 0 Å². The van der Waals surface area contributed by atoms with E-state index < -0.39 is 5.97 Å². The van der Waals surface area contributed by atoms with Gasteiger partial charge in [-0.1, -0.05) is 61.2 Å². The average Bonchev–Trinajstić information content (AvgIpc) is 2.63. The van der Waals surface area contributed by atoms with E-state index in [0.717, 1.165) is 36.8 Å². The van der Waals surface area contributed by atoms with Crippen LogP contribution < -0.4 is 0 Å². The summed E-state index contributed by atoms with van der Waals surface area (Å²) in [5, 5.41) is 9.03. The molecule has 3 heteroatoms. The molecule has 1 N–H and O–H groups in total. The zero-order valence-corrected chi connectivity index (χ0v) is 15.8. The van der Waals surface area contributed by atoms with Gasteiger partial charge >= 0.3 is 5.97 Å². The van der Waals surface area contributed by atoms with Crippen LogP contribution in [0.5, 0.6) is 0 Å². The van der Waals surface area contributed by atoms with Gasteiger partial charge in [-0.15, -0.1) is 0 Å². The maximum Gasteiger partial charge on any atom is 0.330 e. The topological polar surface area (TPSA) is 46.5 Å². The highest BCUT2D eigenvalue weighted by Gasteiger charge is 2.07. The summed E-state index contributed by atoms with van der Waals surface area (Å²) < 4.78 is 5.13. The fourth-order valence-electron chi connectivity index (χ4n) is 2.55. The van der Waals surface area contributed by atoms with Crippen LogP contribution in [-0.2, 0) is 28.8 Å². The molecular formula is C23H30O3. The number of esters is 1. The van der Waals surface area contributed by atoms with Crippen molar-refractivity contribution in [2.75, 3.05) is 13.2 Å². The third-order valence-corrected chi connectivity index (χ3v) is 4.00. The molecule has 1 aromatic carbocycles. The van der Waals surface area contributed by atoms with E-state index in [1.54, 1.807) is 0 Å². The van der Waals surface area contributed by atoms with Gasteiger partial charge in [-0.05, 0) is 49.3 Å². The minimum Gasteiger partial charge on any atom is -0.462 e. The van der Waals surface area contributed by atoms with Gasteiger partial charge in [0.25, 0.3) is 0 Å². The normalized spacial score (nSPS) is 10.7. The Morgan fingerprint density at radius 3 is 2.58 bits per heavy atom. The van der Waals surface area contributed by atoms with E-state index in [4.69, 9.17) is 9.84 Å². The third-order valence-electron chi connectivity index (χ3n) is 4.00. The van der Waals surface area contributed by atoms with Crippen LogP contribution in [0, 0.1) is 0 Å². The molecule has 0 saturated carbocycles. The summed E-state index contributed by atoms with van der Waals surface area (Å²) in [5.41, 5.74) is 5.66. The van der Waals surface area contributed by atoms with Crippen LogP contribution in [0.25, 0.3) is 0 Å². The first-order chi connectivity index (χ1) is 12.5. The Hall–Kier alpha value is -2.39. The highest BCUT2D eigenvalue weighted by atomic mass is 16.5. The molecule has 0 unspecified atom stereocenters. The summed E-state index contributed by atoms with van der Waals surface area (Å²) >= 11 is 0. The number of hydrogen-bond acceptors (Lipinski definition) is 3. The van der Waals surface area contributed by atoms with Gasteiger partial charge in [-0.2, -0.15) is 0 Å². The van der Waals surface area contributed by atoms with Gasteiger partial charge < -0.3 is 9.84 Å². The molecule has 1 rings (SSSR count). The van der Waals surface area contributed by atoms with Crippen LogP contribution in [0.3, 0.4) is 0 Å². The Bertz CT molecular complexity index is 668. The van der Waals surface area contributed by atoms with Crippen molar-refractivity contribution in [3.05, 3.63) is 84.0 Å². The summed E-state index contributed by atoms with van der Waals surface area (Å²) in [4.78, 5) is 11.2. The van der Waals surface area contributed by atoms with E-state index in [1.807, 2.05) is 19.1 Å². The number of benzene rings is 1. The largest absolute Gasteiger partial charge is 0.462 e. The van der Waals surface area contributed by atoms with Gasteiger partial charge in [0.1, 0.15) is 0 Å². The number of aliphatic hydroxyl groups excluding tert-OH is 1. The molecule has 0 radical (unpaired) electrons. The lowest BCUT2D eigenvalue weighted by Crippen LogP contribution is -2.07.